The molecule has 0 bridgehead atoms. The van der Waals surface area contributed by atoms with Gasteiger partial charge in [-0.3, -0.25) is 4.99 Å². The Hall–Kier alpha value is -2.26. The third-order valence-electron chi connectivity index (χ3n) is 4.76. The molecule has 0 aliphatic carbocycles. The summed E-state index contributed by atoms with van der Waals surface area (Å²) in [5.41, 5.74) is 5.23. The minimum atomic E-state index is -0.0343. The van der Waals surface area contributed by atoms with Gasteiger partial charge < -0.3 is 9.64 Å². The number of rotatable bonds is 3. The van der Waals surface area contributed by atoms with Gasteiger partial charge in [0.05, 0.1) is 17.7 Å². The molecular weight excluding hydrogens is 332 g/mol. The number of para-hydroxylation sites is 2. The number of ether oxygens (including phenoxy) is 1. The van der Waals surface area contributed by atoms with Crippen LogP contribution in [-0.2, 0) is 0 Å². The summed E-state index contributed by atoms with van der Waals surface area (Å²) in [6.45, 7) is 6.54. The smallest absolute Gasteiger partial charge is 0.144 e. The van der Waals surface area contributed by atoms with Crippen LogP contribution in [0.4, 0.5) is 11.4 Å². The predicted octanol–water partition coefficient (Wildman–Crippen LogP) is 5.73. The van der Waals surface area contributed by atoms with Crippen molar-refractivity contribution >= 4 is 34.8 Å². The summed E-state index contributed by atoms with van der Waals surface area (Å²) in [5.74, 6) is 0.741. The fourth-order valence-electron chi connectivity index (χ4n) is 3.16. The molecule has 0 radical (unpaired) electrons. The van der Waals surface area contributed by atoms with Crippen molar-refractivity contribution in [3.8, 4) is 5.75 Å². The van der Waals surface area contributed by atoms with Crippen LogP contribution >= 0.6 is 11.6 Å². The third-order valence-corrected chi connectivity index (χ3v) is 5.09. The molecule has 3 nitrogen and oxygen atoms in total. The number of nitrogens with zero attached hydrogens (tertiary/aromatic N) is 2. The Balaban J connectivity index is 2.03. The number of halogens is 1. The molecule has 1 aliphatic heterocycles. The molecule has 0 unspecified atom stereocenters. The Labute approximate surface area is 154 Å². The molecule has 2 aromatic rings. The highest BCUT2D eigenvalue weighted by Gasteiger charge is 2.29. The van der Waals surface area contributed by atoms with Crippen LogP contribution in [0.5, 0.6) is 5.75 Å². The third kappa shape index (κ3) is 3.29. The molecule has 1 heterocycles. The van der Waals surface area contributed by atoms with E-state index in [0.717, 1.165) is 22.7 Å². The average molecular weight is 355 g/mol. The van der Waals surface area contributed by atoms with Crippen molar-refractivity contribution < 1.29 is 4.74 Å². The second kappa shape index (κ2) is 6.57. The molecule has 0 fully saturated rings. The molecule has 4 heteroatoms. The van der Waals surface area contributed by atoms with Gasteiger partial charge in [-0.1, -0.05) is 29.8 Å². The Morgan fingerprint density at radius 3 is 2.64 bits per heavy atom. The average Bonchev–Trinajstić information content (AvgIpc) is 2.58. The van der Waals surface area contributed by atoms with Gasteiger partial charge in [-0.15, -0.1) is 0 Å². The van der Waals surface area contributed by atoms with E-state index in [4.69, 9.17) is 16.3 Å². The normalized spacial score (nSPS) is 15.9. The summed E-state index contributed by atoms with van der Waals surface area (Å²) in [6, 6.07) is 11.8. The highest BCUT2D eigenvalue weighted by atomic mass is 35.5. The van der Waals surface area contributed by atoms with Crippen LogP contribution in [0.3, 0.4) is 0 Å². The van der Waals surface area contributed by atoms with Gasteiger partial charge in [0.25, 0.3) is 0 Å². The molecule has 0 amide bonds. The highest BCUT2D eigenvalue weighted by Crippen LogP contribution is 2.40. The lowest BCUT2D eigenvalue weighted by Gasteiger charge is -2.40. The van der Waals surface area contributed by atoms with Gasteiger partial charge in [0.15, 0.2) is 0 Å². The largest absolute Gasteiger partial charge is 0.494 e. The van der Waals surface area contributed by atoms with Crippen LogP contribution in [0.15, 0.2) is 47.5 Å². The predicted molar refractivity (Wildman–Crippen MR) is 108 cm³/mol. The number of aliphatic imine (C=N–C) groups is 1. The Kier molecular flexibility index (Phi) is 4.61. The van der Waals surface area contributed by atoms with Gasteiger partial charge in [-0.05, 0) is 50.6 Å². The van der Waals surface area contributed by atoms with E-state index in [0.29, 0.717) is 5.02 Å². The topological polar surface area (TPSA) is 24.8 Å². The Morgan fingerprint density at radius 2 is 1.92 bits per heavy atom. The molecule has 3 rings (SSSR count). The van der Waals surface area contributed by atoms with Crippen molar-refractivity contribution in [1.82, 2.24) is 0 Å². The van der Waals surface area contributed by atoms with Crippen molar-refractivity contribution in [2.24, 2.45) is 4.99 Å². The number of benzene rings is 2. The summed E-state index contributed by atoms with van der Waals surface area (Å²) < 4.78 is 5.35. The van der Waals surface area contributed by atoms with E-state index in [9.17, 15) is 0 Å². The zero-order valence-electron chi connectivity index (χ0n) is 15.3. The number of likely N-dealkylation sites (N-methyl/N-ethyl adjacent to an activating group) is 1. The zero-order valence-corrected chi connectivity index (χ0v) is 16.1. The van der Waals surface area contributed by atoms with E-state index in [1.807, 2.05) is 30.3 Å². The van der Waals surface area contributed by atoms with Crippen LogP contribution in [0.25, 0.3) is 5.57 Å². The highest BCUT2D eigenvalue weighted by molar-refractivity contribution is 6.33. The second-order valence-electron chi connectivity index (χ2n) is 6.86. The monoisotopic (exact) mass is 354 g/mol. The Morgan fingerprint density at radius 1 is 1.20 bits per heavy atom. The van der Waals surface area contributed by atoms with Crippen molar-refractivity contribution in [1.29, 1.82) is 0 Å². The van der Waals surface area contributed by atoms with E-state index in [-0.39, 0.29) is 5.54 Å². The molecular formula is C21H23ClN2O. The summed E-state index contributed by atoms with van der Waals surface area (Å²) in [7, 11) is 3.74. The van der Waals surface area contributed by atoms with Crippen LogP contribution in [0.1, 0.15) is 31.9 Å². The maximum Gasteiger partial charge on any atom is 0.144 e. The van der Waals surface area contributed by atoms with Gasteiger partial charge in [0.1, 0.15) is 11.4 Å². The Bertz CT molecular complexity index is 868. The minimum Gasteiger partial charge on any atom is -0.494 e. The molecule has 0 spiro atoms. The van der Waals surface area contributed by atoms with Crippen molar-refractivity contribution in [3.05, 3.63) is 58.6 Å². The lowest BCUT2D eigenvalue weighted by atomic mass is 9.88. The number of anilines is 1. The molecule has 1 aliphatic rings. The fourth-order valence-corrected chi connectivity index (χ4v) is 3.37. The molecule has 0 aromatic heterocycles. The van der Waals surface area contributed by atoms with Gasteiger partial charge >= 0.3 is 0 Å². The van der Waals surface area contributed by atoms with Crippen LogP contribution in [-0.4, -0.2) is 25.9 Å². The first kappa shape index (κ1) is 17.6. The van der Waals surface area contributed by atoms with E-state index in [2.05, 4.69) is 49.9 Å². The number of methoxy groups -OCH3 is 1. The van der Waals surface area contributed by atoms with Crippen molar-refractivity contribution in [3.63, 3.8) is 0 Å². The first-order chi connectivity index (χ1) is 11.8. The molecule has 25 heavy (non-hydrogen) atoms. The molecule has 2 aromatic carbocycles. The first-order valence-corrected chi connectivity index (χ1v) is 8.65. The maximum absolute atomic E-state index is 6.54. The van der Waals surface area contributed by atoms with Crippen LogP contribution in [0.2, 0.25) is 5.02 Å². The van der Waals surface area contributed by atoms with Crippen LogP contribution < -0.4 is 9.64 Å². The summed E-state index contributed by atoms with van der Waals surface area (Å²) in [6.07, 6.45) is 4.08. The van der Waals surface area contributed by atoms with E-state index >= 15 is 0 Å². The molecule has 0 N–H and O–H groups in total. The molecule has 0 saturated heterocycles. The second-order valence-corrected chi connectivity index (χ2v) is 7.27. The standard InChI is InChI=1S/C21H23ClN2O/c1-14-12-21(2,3)24(4)19-11-17(22)15(10-16(14)19)13-23-18-8-6-7-9-20(18)25-5/h6-13H,1-5H3. The summed E-state index contributed by atoms with van der Waals surface area (Å²) in [4.78, 5) is 6.81. The molecule has 0 saturated carbocycles. The van der Waals surface area contributed by atoms with E-state index in [1.54, 1.807) is 13.3 Å². The van der Waals surface area contributed by atoms with E-state index < -0.39 is 0 Å². The first-order valence-electron chi connectivity index (χ1n) is 8.28. The summed E-state index contributed by atoms with van der Waals surface area (Å²) in [5, 5.41) is 0.690. The van der Waals surface area contributed by atoms with Crippen molar-refractivity contribution in [2.75, 3.05) is 19.1 Å². The lowest BCUT2D eigenvalue weighted by Crippen LogP contribution is -2.42. The number of allylic oxidation sites excluding steroid dienone is 1. The molecule has 130 valence electrons. The number of fused-ring (bicyclic) bond motifs is 1. The lowest BCUT2D eigenvalue weighted by molar-refractivity contribution is 0.416. The van der Waals surface area contributed by atoms with Crippen molar-refractivity contribution in [2.45, 2.75) is 26.3 Å². The maximum atomic E-state index is 6.54. The SMILES string of the molecule is COc1ccccc1N=Cc1cc2c(cc1Cl)N(C)C(C)(C)C=C2C. The molecule has 0 atom stereocenters. The minimum absolute atomic E-state index is 0.0343. The van der Waals surface area contributed by atoms with Gasteiger partial charge in [-0.25, -0.2) is 0 Å². The van der Waals surface area contributed by atoms with Crippen LogP contribution in [0, 0.1) is 0 Å². The van der Waals surface area contributed by atoms with E-state index in [1.165, 1.54) is 11.1 Å². The summed E-state index contributed by atoms with van der Waals surface area (Å²) >= 11 is 6.54. The number of hydrogen-bond donors (Lipinski definition) is 0. The van der Waals surface area contributed by atoms with Gasteiger partial charge in [-0.2, -0.15) is 0 Å². The van der Waals surface area contributed by atoms with Gasteiger partial charge in [0, 0.05) is 30.1 Å². The van der Waals surface area contributed by atoms with Gasteiger partial charge in [0.2, 0.25) is 0 Å². The number of hydrogen-bond acceptors (Lipinski definition) is 3. The fraction of sp³-hybridized carbons (Fsp3) is 0.286. The zero-order chi connectivity index (χ0) is 18.2. The quantitative estimate of drug-likeness (QED) is 0.657.